The van der Waals surface area contributed by atoms with Gasteiger partial charge in [0.15, 0.2) is 0 Å². The van der Waals surface area contributed by atoms with Gasteiger partial charge < -0.3 is 10.6 Å². The van der Waals surface area contributed by atoms with Crippen LogP contribution in [0.2, 0.25) is 0 Å². The Hall–Kier alpha value is -1.40. The van der Waals surface area contributed by atoms with Gasteiger partial charge in [0.25, 0.3) is 0 Å². The van der Waals surface area contributed by atoms with E-state index in [2.05, 4.69) is 0 Å². The molecule has 0 saturated carbocycles. The van der Waals surface area contributed by atoms with Gasteiger partial charge in [-0.2, -0.15) is 0 Å². The smallest absolute Gasteiger partial charge is 0.243 e. The number of nitrogens with two attached hydrogens (primary N) is 1. The molecule has 19 heavy (non-hydrogen) atoms. The lowest BCUT2D eigenvalue weighted by molar-refractivity contribution is -0.131. The Balaban J connectivity index is 2.53. The van der Waals surface area contributed by atoms with E-state index in [0.717, 1.165) is 5.56 Å². The average molecular weight is 284 g/mol. The van der Waals surface area contributed by atoms with Crippen LogP contribution < -0.4 is 5.73 Å². The van der Waals surface area contributed by atoms with Gasteiger partial charge in [-0.15, -0.1) is 0 Å². The first-order chi connectivity index (χ1) is 8.81. The number of benzene rings is 1. The van der Waals surface area contributed by atoms with Crippen molar-refractivity contribution in [3.63, 3.8) is 0 Å². The van der Waals surface area contributed by atoms with Gasteiger partial charge in [0.05, 0.1) is 5.75 Å². The van der Waals surface area contributed by atoms with Crippen molar-refractivity contribution in [1.82, 2.24) is 4.90 Å². The molecule has 1 amide bonds. The third-order valence-electron chi connectivity index (χ3n) is 2.81. The van der Waals surface area contributed by atoms with Gasteiger partial charge in [-0.25, -0.2) is 8.42 Å². The molecule has 0 fully saturated rings. The van der Waals surface area contributed by atoms with Crippen molar-refractivity contribution in [2.45, 2.75) is 12.5 Å². The minimum atomic E-state index is -2.99. The maximum atomic E-state index is 12.1. The number of rotatable bonds is 6. The maximum absolute atomic E-state index is 12.1. The van der Waals surface area contributed by atoms with E-state index in [4.69, 9.17) is 5.73 Å². The van der Waals surface area contributed by atoms with E-state index in [1.54, 1.807) is 19.2 Å². The fraction of sp³-hybridized carbons (Fsp3) is 0.462. The van der Waals surface area contributed by atoms with Crippen LogP contribution in [-0.4, -0.2) is 44.8 Å². The van der Waals surface area contributed by atoms with Crippen LogP contribution in [-0.2, 0) is 14.6 Å². The van der Waals surface area contributed by atoms with Gasteiger partial charge in [-0.05, 0) is 12.0 Å². The van der Waals surface area contributed by atoms with Crippen molar-refractivity contribution in [2.24, 2.45) is 5.73 Å². The van der Waals surface area contributed by atoms with Gasteiger partial charge >= 0.3 is 0 Å². The molecule has 1 aromatic carbocycles. The zero-order valence-corrected chi connectivity index (χ0v) is 12.1. The monoisotopic (exact) mass is 284 g/mol. The summed E-state index contributed by atoms with van der Waals surface area (Å²) in [5.41, 5.74) is 6.64. The third kappa shape index (κ3) is 5.40. The fourth-order valence-corrected chi connectivity index (χ4v) is 2.37. The number of amides is 1. The highest BCUT2D eigenvalue weighted by molar-refractivity contribution is 7.90. The molecule has 1 unspecified atom stereocenters. The summed E-state index contributed by atoms with van der Waals surface area (Å²) in [7, 11) is -1.35. The Morgan fingerprint density at radius 3 is 2.42 bits per heavy atom. The molecule has 0 bridgehead atoms. The van der Waals surface area contributed by atoms with Crippen LogP contribution in [0.25, 0.3) is 0 Å². The van der Waals surface area contributed by atoms with Crippen LogP contribution in [0.15, 0.2) is 30.3 Å². The van der Waals surface area contributed by atoms with Crippen LogP contribution in [0.3, 0.4) is 0 Å². The predicted octanol–water partition coefficient (Wildman–Crippen LogP) is 0.580. The Bertz CT molecular complexity index is 514. The number of carbonyl (C=O) groups excluding carboxylic acids is 1. The molecule has 0 aliphatic heterocycles. The van der Waals surface area contributed by atoms with Gasteiger partial charge in [0.1, 0.15) is 15.9 Å². The molecule has 6 heteroatoms. The first-order valence-electron chi connectivity index (χ1n) is 6.04. The summed E-state index contributed by atoms with van der Waals surface area (Å²) < 4.78 is 22.0. The fourth-order valence-electron chi connectivity index (χ4n) is 1.71. The molecule has 0 saturated heterocycles. The maximum Gasteiger partial charge on any atom is 0.243 e. The zero-order chi connectivity index (χ0) is 14.5. The van der Waals surface area contributed by atoms with Crippen molar-refractivity contribution in [1.29, 1.82) is 0 Å². The minimum absolute atomic E-state index is 0.0746. The van der Waals surface area contributed by atoms with Crippen LogP contribution in [0.1, 0.15) is 18.0 Å². The van der Waals surface area contributed by atoms with E-state index in [1.807, 2.05) is 18.2 Å². The highest BCUT2D eigenvalue weighted by Gasteiger charge is 2.19. The molecule has 5 nitrogen and oxygen atoms in total. The normalized spacial score (nSPS) is 13.0. The first kappa shape index (κ1) is 15.7. The lowest BCUT2D eigenvalue weighted by Gasteiger charge is -2.21. The largest absolute Gasteiger partial charge is 0.344 e. The molecule has 0 radical (unpaired) electrons. The molecular formula is C13H20N2O3S. The Morgan fingerprint density at radius 1 is 1.32 bits per heavy atom. The van der Waals surface area contributed by atoms with Gasteiger partial charge in [-0.3, -0.25) is 4.79 Å². The highest BCUT2D eigenvalue weighted by atomic mass is 32.2. The SMILES string of the molecule is CN(CCCS(C)(=O)=O)C(=O)C(N)c1ccccc1. The molecule has 0 aliphatic carbocycles. The van der Waals surface area contributed by atoms with Crippen molar-refractivity contribution >= 4 is 15.7 Å². The number of sulfone groups is 1. The molecule has 0 aliphatic rings. The summed E-state index contributed by atoms with van der Waals surface area (Å²) in [6.45, 7) is 0.381. The molecule has 0 heterocycles. The second kappa shape index (κ2) is 6.68. The second-order valence-corrected chi connectivity index (χ2v) is 6.89. The molecule has 0 spiro atoms. The molecule has 2 N–H and O–H groups in total. The lowest BCUT2D eigenvalue weighted by Crippen LogP contribution is -2.36. The van der Waals surface area contributed by atoms with Gasteiger partial charge in [-0.1, -0.05) is 30.3 Å². The number of hydrogen-bond acceptors (Lipinski definition) is 4. The third-order valence-corrected chi connectivity index (χ3v) is 3.84. The van der Waals surface area contributed by atoms with Crippen LogP contribution >= 0.6 is 0 Å². The van der Waals surface area contributed by atoms with Crippen molar-refractivity contribution in [3.8, 4) is 0 Å². The minimum Gasteiger partial charge on any atom is -0.344 e. The number of carbonyl (C=O) groups is 1. The number of nitrogens with zero attached hydrogens (tertiary/aromatic N) is 1. The summed E-state index contributed by atoms with van der Waals surface area (Å²) in [4.78, 5) is 13.5. The lowest BCUT2D eigenvalue weighted by atomic mass is 10.1. The molecular weight excluding hydrogens is 264 g/mol. The van der Waals surface area contributed by atoms with E-state index < -0.39 is 15.9 Å². The number of likely N-dealkylation sites (N-methyl/N-ethyl adjacent to an activating group) is 1. The second-order valence-electron chi connectivity index (χ2n) is 4.63. The van der Waals surface area contributed by atoms with Gasteiger partial charge in [0, 0.05) is 19.8 Å². The standard InChI is InChI=1S/C13H20N2O3S/c1-15(9-6-10-19(2,17)18)13(16)12(14)11-7-4-3-5-8-11/h3-5,7-8,12H,6,9-10,14H2,1-2H3. The van der Waals surface area contributed by atoms with E-state index in [-0.39, 0.29) is 11.7 Å². The summed E-state index contributed by atoms with van der Waals surface area (Å²) in [5, 5.41) is 0. The number of hydrogen-bond donors (Lipinski definition) is 1. The zero-order valence-electron chi connectivity index (χ0n) is 11.2. The summed E-state index contributed by atoms with van der Waals surface area (Å²) >= 11 is 0. The average Bonchev–Trinajstić information content (AvgIpc) is 2.36. The quantitative estimate of drug-likeness (QED) is 0.828. The molecule has 1 aromatic rings. The molecule has 106 valence electrons. The predicted molar refractivity (Wildman–Crippen MR) is 75.3 cm³/mol. The molecule has 0 aromatic heterocycles. The Labute approximate surface area is 114 Å². The van der Waals surface area contributed by atoms with Crippen molar-refractivity contribution < 1.29 is 13.2 Å². The van der Waals surface area contributed by atoms with E-state index in [1.165, 1.54) is 11.2 Å². The van der Waals surface area contributed by atoms with Gasteiger partial charge in [0.2, 0.25) is 5.91 Å². The topological polar surface area (TPSA) is 80.5 Å². The van der Waals surface area contributed by atoms with Crippen molar-refractivity contribution in [3.05, 3.63) is 35.9 Å². The van der Waals surface area contributed by atoms with E-state index >= 15 is 0 Å². The Morgan fingerprint density at radius 2 is 1.89 bits per heavy atom. The summed E-state index contributed by atoms with van der Waals surface area (Å²) in [5.74, 6) is -0.134. The molecule has 1 rings (SSSR count). The van der Waals surface area contributed by atoms with Crippen LogP contribution in [0.5, 0.6) is 0 Å². The summed E-state index contributed by atoms with van der Waals surface area (Å²) in [6.07, 6.45) is 1.60. The van der Waals surface area contributed by atoms with Crippen molar-refractivity contribution in [2.75, 3.05) is 25.6 Å². The van der Waals surface area contributed by atoms with Crippen LogP contribution in [0, 0.1) is 0 Å². The Kier molecular flexibility index (Phi) is 5.50. The first-order valence-corrected chi connectivity index (χ1v) is 8.10. The van der Waals surface area contributed by atoms with Crippen LogP contribution in [0.4, 0.5) is 0 Å². The summed E-state index contributed by atoms with van der Waals surface area (Å²) in [6, 6.07) is 8.40. The van der Waals surface area contributed by atoms with E-state index in [9.17, 15) is 13.2 Å². The van der Waals surface area contributed by atoms with E-state index in [0.29, 0.717) is 13.0 Å². The molecule has 1 atom stereocenters. The highest BCUT2D eigenvalue weighted by Crippen LogP contribution is 2.12.